The van der Waals surface area contributed by atoms with Crippen LogP contribution in [0.1, 0.15) is 226 Å². The first-order valence-electron chi connectivity index (χ1n) is 28.1. The topological polar surface area (TPSA) is 155 Å². The van der Waals surface area contributed by atoms with Gasteiger partial charge in [0.05, 0.1) is 19.8 Å². The monoisotopic (exact) mass is 1030 g/mol. The third-order valence-electron chi connectivity index (χ3n) is 11.5. The summed E-state index contributed by atoms with van der Waals surface area (Å²) in [4.78, 5) is 48.4. The third kappa shape index (κ3) is 51.3. The Morgan fingerprint density at radius 2 is 0.722 bits per heavy atom. The van der Waals surface area contributed by atoms with Crippen LogP contribution in [0.2, 0.25) is 0 Å². The number of carbonyl (C=O) groups is 3. The number of ether oxygens (including phenoxy) is 3. The Hall–Kier alpha value is -3.60. The Morgan fingerprint density at radius 3 is 1.11 bits per heavy atom. The summed E-state index contributed by atoms with van der Waals surface area (Å²) in [7, 11) is -4.76. The van der Waals surface area contributed by atoms with Gasteiger partial charge in [0.2, 0.25) is 0 Å². The second-order valence-electron chi connectivity index (χ2n) is 18.3. The molecule has 72 heavy (non-hydrogen) atoms. The van der Waals surface area contributed by atoms with E-state index in [1.165, 1.54) is 32.1 Å². The van der Waals surface area contributed by atoms with Crippen LogP contribution in [-0.4, -0.2) is 66.5 Å². The van der Waals surface area contributed by atoms with E-state index in [0.717, 1.165) is 135 Å². The highest BCUT2D eigenvalue weighted by Crippen LogP contribution is 2.43. The molecule has 3 unspecified atom stereocenters. The summed E-state index contributed by atoms with van der Waals surface area (Å²) in [5, 5.41) is 9.77. The standard InChI is InChI=1S/C60H101O11P/c1-4-7-10-13-16-19-21-23-25-27-28-30-32-34-36-39-42-45-48-51-60(64)71-57(53-67-58(62)49-46-43-40-38-35-33-31-29-26-24-22-20-17-14-11-8-5-2)55-69-72(65,66)68-54-56(52-61)70-59(63)50-47-44-41-37-18-15-12-9-6-3/h7-8,10-11,16-17,19-20,23-26,28,30-31,33,56-57,61H,4-6,9,12-15,18,21-22,27,29,32,34-55H2,1-3H3,(H,65,66)/b10-7-,11-8-,19-16-,20-17-,25-23-,26-24-,30-28-,33-31-. The average molecular weight is 1030 g/mol. The molecule has 0 aromatic carbocycles. The minimum absolute atomic E-state index is 0.142. The fourth-order valence-corrected chi connectivity index (χ4v) is 8.06. The number of aliphatic hydroxyl groups is 1. The predicted molar refractivity (Wildman–Crippen MR) is 297 cm³/mol. The van der Waals surface area contributed by atoms with E-state index in [9.17, 15) is 28.9 Å². The minimum Gasteiger partial charge on any atom is -0.462 e. The summed E-state index contributed by atoms with van der Waals surface area (Å²) in [6, 6.07) is 0. The predicted octanol–water partition coefficient (Wildman–Crippen LogP) is 16.5. The van der Waals surface area contributed by atoms with E-state index >= 15 is 0 Å². The Balaban J connectivity index is 4.80. The molecule has 0 fully saturated rings. The fourth-order valence-electron chi connectivity index (χ4n) is 7.28. The number of hydrogen-bond donors (Lipinski definition) is 2. The molecule has 11 nitrogen and oxygen atoms in total. The number of hydrogen-bond acceptors (Lipinski definition) is 10. The van der Waals surface area contributed by atoms with Crippen LogP contribution >= 0.6 is 7.82 Å². The first-order valence-corrected chi connectivity index (χ1v) is 29.6. The lowest BCUT2D eigenvalue weighted by Crippen LogP contribution is -2.30. The van der Waals surface area contributed by atoms with Crippen molar-refractivity contribution in [2.24, 2.45) is 0 Å². The first-order chi connectivity index (χ1) is 35.2. The summed E-state index contributed by atoms with van der Waals surface area (Å²) >= 11 is 0. The average Bonchev–Trinajstić information content (AvgIpc) is 3.37. The van der Waals surface area contributed by atoms with Crippen molar-refractivity contribution in [1.29, 1.82) is 0 Å². The highest BCUT2D eigenvalue weighted by atomic mass is 31.2. The summed E-state index contributed by atoms with van der Waals surface area (Å²) in [6.45, 7) is 4.34. The van der Waals surface area contributed by atoms with Gasteiger partial charge in [-0.2, -0.15) is 0 Å². The van der Waals surface area contributed by atoms with Gasteiger partial charge in [0.1, 0.15) is 12.7 Å². The molecule has 0 saturated heterocycles. The molecule has 0 aromatic rings. The van der Waals surface area contributed by atoms with Crippen molar-refractivity contribution in [3.63, 3.8) is 0 Å². The fraction of sp³-hybridized carbons (Fsp3) is 0.683. The van der Waals surface area contributed by atoms with E-state index in [2.05, 4.69) is 118 Å². The SMILES string of the molecule is CC/C=C\C/C=C\C/C=C\C/C=C\CCCCCCCCC(=O)OC(COC(=O)CCCCCC/C=C\C/C=C\C/C=C\C/C=C\CC)COP(=O)(O)OCC(CO)OC(=O)CCCCCCCCCCC. The van der Waals surface area contributed by atoms with Crippen LogP contribution in [0.5, 0.6) is 0 Å². The maximum atomic E-state index is 12.9. The van der Waals surface area contributed by atoms with Crippen molar-refractivity contribution < 1.29 is 52.2 Å². The quantitative estimate of drug-likeness (QED) is 0.0197. The number of phosphoric acid groups is 1. The molecule has 412 valence electrons. The van der Waals surface area contributed by atoms with Crippen LogP contribution in [0.15, 0.2) is 97.2 Å². The van der Waals surface area contributed by atoms with Gasteiger partial charge in [-0.05, 0) is 96.3 Å². The lowest BCUT2D eigenvalue weighted by molar-refractivity contribution is -0.161. The highest BCUT2D eigenvalue weighted by molar-refractivity contribution is 7.47. The normalized spacial score (nSPS) is 14.1. The Morgan fingerprint density at radius 1 is 0.403 bits per heavy atom. The van der Waals surface area contributed by atoms with Gasteiger partial charge >= 0.3 is 25.7 Å². The van der Waals surface area contributed by atoms with Gasteiger partial charge in [-0.1, -0.05) is 208 Å². The molecule has 2 N–H and O–H groups in total. The van der Waals surface area contributed by atoms with Gasteiger partial charge in [-0.3, -0.25) is 23.4 Å². The molecule has 0 amide bonds. The molecule has 3 atom stereocenters. The first kappa shape index (κ1) is 68.4. The summed E-state index contributed by atoms with van der Waals surface area (Å²) in [5.41, 5.74) is 0. The maximum Gasteiger partial charge on any atom is 0.472 e. The van der Waals surface area contributed by atoms with Crippen molar-refractivity contribution >= 4 is 25.7 Å². The molecule has 0 aliphatic carbocycles. The van der Waals surface area contributed by atoms with Crippen LogP contribution in [0.25, 0.3) is 0 Å². The lowest BCUT2D eigenvalue weighted by Gasteiger charge is -2.21. The number of rotatable bonds is 51. The van der Waals surface area contributed by atoms with Crippen LogP contribution in [0, 0.1) is 0 Å². The molecular weight excluding hydrogens is 928 g/mol. The van der Waals surface area contributed by atoms with E-state index in [0.29, 0.717) is 19.3 Å². The van der Waals surface area contributed by atoms with Crippen LogP contribution < -0.4 is 0 Å². The molecule has 12 heteroatoms. The third-order valence-corrected chi connectivity index (χ3v) is 12.5. The van der Waals surface area contributed by atoms with E-state index in [1.54, 1.807) is 0 Å². The molecule has 0 saturated carbocycles. The van der Waals surface area contributed by atoms with Crippen molar-refractivity contribution in [2.75, 3.05) is 26.4 Å². The van der Waals surface area contributed by atoms with Crippen molar-refractivity contribution in [3.05, 3.63) is 97.2 Å². The van der Waals surface area contributed by atoms with Gasteiger partial charge in [-0.25, -0.2) is 4.57 Å². The maximum absolute atomic E-state index is 12.9. The molecular formula is C60H101O11P. The van der Waals surface area contributed by atoms with Crippen molar-refractivity contribution in [1.82, 2.24) is 0 Å². The number of aliphatic hydroxyl groups excluding tert-OH is 1. The zero-order valence-corrected chi connectivity index (χ0v) is 46.3. The van der Waals surface area contributed by atoms with Gasteiger partial charge in [0.15, 0.2) is 6.10 Å². The Bertz CT molecular complexity index is 1580. The van der Waals surface area contributed by atoms with Gasteiger partial charge in [0, 0.05) is 19.3 Å². The number of carbonyl (C=O) groups excluding carboxylic acids is 3. The second kappa shape index (κ2) is 53.7. The van der Waals surface area contributed by atoms with Crippen molar-refractivity contribution in [3.8, 4) is 0 Å². The molecule has 0 spiro atoms. The molecule has 0 radical (unpaired) electrons. The van der Waals surface area contributed by atoms with Crippen molar-refractivity contribution in [2.45, 2.75) is 238 Å². The van der Waals surface area contributed by atoms with Crippen LogP contribution in [0.3, 0.4) is 0 Å². The van der Waals surface area contributed by atoms with Crippen LogP contribution in [-0.2, 0) is 42.2 Å². The Labute approximate surface area is 438 Å². The summed E-state index contributed by atoms with van der Waals surface area (Å²) in [5.74, 6) is -1.52. The van der Waals surface area contributed by atoms with Crippen LogP contribution in [0.4, 0.5) is 0 Å². The van der Waals surface area contributed by atoms with Gasteiger partial charge in [0.25, 0.3) is 0 Å². The zero-order chi connectivity index (χ0) is 52.7. The van der Waals surface area contributed by atoms with Gasteiger partial charge in [-0.15, -0.1) is 0 Å². The number of phosphoric ester groups is 1. The largest absolute Gasteiger partial charge is 0.472 e. The van der Waals surface area contributed by atoms with E-state index in [-0.39, 0.29) is 25.9 Å². The second-order valence-corrected chi connectivity index (χ2v) is 19.8. The zero-order valence-electron chi connectivity index (χ0n) is 45.4. The van der Waals surface area contributed by atoms with E-state index in [4.69, 9.17) is 23.3 Å². The minimum atomic E-state index is -4.76. The Kier molecular flexibility index (Phi) is 51.0. The summed E-state index contributed by atoms with van der Waals surface area (Å²) in [6.07, 6.45) is 62.3. The van der Waals surface area contributed by atoms with E-state index in [1.807, 2.05) is 0 Å². The van der Waals surface area contributed by atoms with E-state index < -0.39 is 57.8 Å². The molecule has 0 aliphatic rings. The number of esters is 3. The molecule has 0 rings (SSSR count). The molecule has 0 aromatic heterocycles. The lowest BCUT2D eigenvalue weighted by atomic mass is 10.1. The molecule has 0 bridgehead atoms. The summed E-state index contributed by atoms with van der Waals surface area (Å²) < 4.78 is 39.4. The number of allylic oxidation sites excluding steroid dienone is 16. The smallest absolute Gasteiger partial charge is 0.462 e. The highest BCUT2D eigenvalue weighted by Gasteiger charge is 2.28. The molecule has 0 heterocycles. The molecule has 0 aliphatic heterocycles. The van der Waals surface area contributed by atoms with Gasteiger partial charge < -0.3 is 24.2 Å². The number of unbranched alkanes of at least 4 members (excludes halogenated alkanes) is 18.